The summed E-state index contributed by atoms with van der Waals surface area (Å²) in [5.74, 6) is 1.26. The number of alkyl carbamates (subject to hydrolysis) is 1. The van der Waals surface area contributed by atoms with Gasteiger partial charge in [0.15, 0.2) is 5.96 Å². The van der Waals surface area contributed by atoms with Crippen molar-refractivity contribution < 1.29 is 14.3 Å². The maximum atomic E-state index is 11.6. The molecule has 1 atom stereocenters. The third-order valence-electron chi connectivity index (χ3n) is 3.03. The van der Waals surface area contributed by atoms with Gasteiger partial charge >= 0.3 is 6.09 Å². The zero-order valence-corrected chi connectivity index (χ0v) is 16.8. The number of hydrogen-bond donors (Lipinski definition) is 3. The molecule has 0 aliphatic heterocycles. The second-order valence-corrected chi connectivity index (χ2v) is 7.07. The molecule has 0 saturated carbocycles. The normalized spacial score (nSPS) is 12.9. The molecule has 1 rings (SSSR count). The van der Waals surface area contributed by atoms with Crippen LogP contribution in [0.15, 0.2) is 29.3 Å². The number of ether oxygens (including phenoxy) is 2. The second-order valence-electron chi connectivity index (χ2n) is 6.67. The molecule has 0 bridgehead atoms. The Hall–Kier alpha value is -2.15. The van der Waals surface area contributed by atoms with E-state index in [1.165, 1.54) is 0 Å². The first-order chi connectivity index (χ1) is 12.2. The maximum absolute atomic E-state index is 11.6. The molecule has 1 amide bonds. The number of nitrogens with one attached hydrogen (secondary N) is 3. The topological polar surface area (TPSA) is 84.0 Å². The number of nitrogens with zero attached hydrogens (tertiary/aromatic N) is 1. The van der Waals surface area contributed by atoms with Gasteiger partial charge in [-0.2, -0.15) is 0 Å². The number of amides is 1. The van der Waals surface area contributed by atoms with E-state index in [0.717, 1.165) is 0 Å². The van der Waals surface area contributed by atoms with E-state index in [1.54, 1.807) is 13.1 Å². The van der Waals surface area contributed by atoms with E-state index in [1.807, 2.05) is 45.9 Å². The first-order valence-corrected chi connectivity index (χ1v) is 8.91. The lowest BCUT2D eigenvalue weighted by Gasteiger charge is -2.20. The van der Waals surface area contributed by atoms with Crippen molar-refractivity contribution in [3.05, 3.63) is 29.3 Å². The van der Waals surface area contributed by atoms with Crippen molar-refractivity contribution in [3.63, 3.8) is 0 Å². The van der Waals surface area contributed by atoms with Crippen LogP contribution in [0.4, 0.5) is 4.79 Å². The molecule has 26 heavy (non-hydrogen) atoms. The van der Waals surface area contributed by atoms with Crippen LogP contribution in [0.2, 0.25) is 5.02 Å². The van der Waals surface area contributed by atoms with Crippen molar-refractivity contribution >= 4 is 23.7 Å². The number of aliphatic imine (C=N–C) groups is 1. The van der Waals surface area contributed by atoms with E-state index in [4.69, 9.17) is 21.1 Å². The van der Waals surface area contributed by atoms with Gasteiger partial charge in [0.1, 0.15) is 17.5 Å². The van der Waals surface area contributed by atoms with Gasteiger partial charge in [-0.3, -0.25) is 4.99 Å². The number of hydrogen-bond acceptors (Lipinski definition) is 4. The summed E-state index contributed by atoms with van der Waals surface area (Å²) in [7, 11) is 1.68. The van der Waals surface area contributed by atoms with Gasteiger partial charge in [0.25, 0.3) is 0 Å². The number of carbonyl (C=O) groups is 1. The quantitative estimate of drug-likeness (QED) is 0.382. The summed E-state index contributed by atoms with van der Waals surface area (Å²) in [5.41, 5.74) is -0.507. The summed E-state index contributed by atoms with van der Waals surface area (Å²) >= 11 is 6.08. The van der Waals surface area contributed by atoms with Crippen molar-refractivity contribution in [1.82, 2.24) is 16.0 Å². The first kappa shape index (κ1) is 21.9. The Labute approximate surface area is 160 Å². The largest absolute Gasteiger partial charge is 0.487 e. The average molecular weight is 385 g/mol. The summed E-state index contributed by atoms with van der Waals surface area (Å²) in [5, 5.41) is 9.52. The lowest BCUT2D eigenvalue weighted by Crippen LogP contribution is -2.44. The number of halogens is 1. The third kappa shape index (κ3) is 9.36. The van der Waals surface area contributed by atoms with Crippen LogP contribution >= 0.6 is 11.6 Å². The van der Waals surface area contributed by atoms with Gasteiger partial charge in [-0.05, 0) is 39.8 Å². The smallest absolute Gasteiger partial charge is 0.407 e. The highest BCUT2D eigenvalue weighted by Gasteiger charge is 2.15. The molecule has 0 heterocycles. The van der Waals surface area contributed by atoms with Gasteiger partial charge in [0, 0.05) is 20.1 Å². The molecule has 8 heteroatoms. The molecule has 1 aromatic carbocycles. The summed E-state index contributed by atoms with van der Waals surface area (Å²) in [6, 6.07) is 7.35. The molecule has 7 nitrogen and oxygen atoms in total. The maximum Gasteiger partial charge on any atom is 0.407 e. The molecular formula is C18H29ClN4O3. The van der Waals surface area contributed by atoms with Crippen LogP contribution < -0.4 is 20.7 Å². The van der Waals surface area contributed by atoms with E-state index in [0.29, 0.717) is 36.4 Å². The standard InChI is InChI=1S/C18H29ClN4O3/c1-13(25-15-9-7-6-8-14(15)19)12-23-16(20-5)21-10-11-22-17(24)26-18(2,3)4/h6-9,13H,10-12H2,1-5H3,(H,22,24)(H2,20,21,23). The molecule has 1 unspecified atom stereocenters. The van der Waals surface area contributed by atoms with Gasteiger partial charge < -0.3 is 25.4 Å². The minimum absolute atomic E-state index is 0.103. The fourth-order valence-corrected chi connectivity index (χ4v) is 2.10. The molecule has 0 radical (unpaired) electrons. The number of rotatable bonds is 7. The van der Waals surface area contributed by atoms with E-state index < -0.39 is 11.7 Å². The van der Waals surface area contributed by atoms with E-state index in [2.05, 4.69) is 20.9 Å². The number of guanidine groups is 1. The summed E-state index contributed by atoms with van der Waals surface area (Å²) in [6.07, 6.45) is -0.544. The molecule has 0 fully saturated rings. The fraction of sp³-hybridized carbons (Fsp3) is 0.556. The van der Waals surface area contributed by atoms with Crippen molar-refractivity contribution in [2.45, 2.75) is 39.4 Å². The number of carbonyl (C=O) groups excluding carboxylic acids is 1. The van der Waals surface area contributed by atoms with Crippen molar-refractivity contribution in [1.29, 1.82) is 0 Å². The van der Waals surface area contributed by atoms with Crippen LogP contribution in [0.1, 0.15) is 27.7 Å². The zero-order valence-electron chi connectivity index (χ0n) is 16.1. The molecule has 1 aromatic rings. The van der Waals surface area contributed by atoms with E-state index in [9.17, 15) is 4.79 Å². The third-order valence-corrected chi connectivity index (χ3v) is 3.34. The Balaban J connectivity index is 2.26. The summed E-state index contributed by atoms with van der Waals surface area (Å²) in [4.78, 5) is 15.7. The molecule has 146 valence electrons. The average Bonchev–Trinajstić information content (AvgIpc) is 2.54. The molecule has 0 saturated heterocycles. The van der Waals surface area contributed by atoms with Crippen LogP contribution in [0.3, 0.4) is 0 Å². The lowest BCUT2D eigenvalue weighted by molar-refractivity contribution is 0.0529. The Morgan fingerprint density at radius 1 is 1.19 bits per heavy atom. The van der Waals surface area contributed by atoms with Gasteiger partial charge in [0.05, 0.1) is 11.6 Å². The Kier molecular flexibility index (Phi) is 9.05. The Bertz CT molecular complexity index is 602. The SMILES string of the molecule is CN=C(NCCNC(=O)OC(C)(C)C)NCC(C)Oc1ccccc1Cl. The summed E-state index contributed by atoms with van der Waals surface area (Å²) < 4.78 is 11.0. The zero-order chi connectivity index (χ0) is 19.6. The second kappa shape index (κ2) is 10.8. The molecule has 0 spiro atoms. The van der Waals surface area contributed by atoms with Crippen molar-refractivity contribution in [2.24, 2.45) is 4.99 Å². The Morgan fingerprint density at radius 2 is 1.85 bits per heavy atom. The van der Waals surface area contributed by atoms with Crippen molar-refractivity contribution in [2.75, 3.05) is 26.7 Å². The number of benzene rings is 1. The van der Waals surface area contributed by atoms with E-state index in [-0.39, 0.29) is 6.10 Å². The molecule has 0 aromatic heterocycles. The van der Waals surface area contributed by atoms with Crippen LogP contribution in [0.25, 0.3) is 0 Å². The monoisotopic (exact) mass is 384 g/mol. The minimum atomic E-state index is -0.507. The van der Waals surface area contributed by atoms with Gasteiger partial charge in [-0.1, -0.05) is 23.7 Å². The molecular weight excluding hydrogens is 356 g/mol. The first-order valence-electron chi connectivity index (χ1n) is 8.54. The molecule has 0 aliphatic carbocycles. The van der Waals surface area contributed by atoms with Crippen LogP contribution in [-0.4, -0.2) is 50.4 Å². The minimum Gasteiger partial charge on any atom is -0.487 e. The van der Waals surface area contributed by atoms with Gasteiger partial charge in [0.2, 0.25) is 0 Å². The predicted molar refractivity (Wildman–Crippen MR) is 105 cm³/mol. The van der Waals surface area contributed by atoms with Gasteiger partial charge in [-0.25, -0.2) is 4.79 Å². The van der Waals surface area contributed by atoms with Crippen LogP contribution in [0.5, 0.6) is 5.75 Å². The Morgan fingerprint density at radius 3 is 2.46 bits per heavy atom. The van der Waals surface area contributed by atoms with Crippen molar-refractivity contribution in [3.8, 4) is 5.75 Å². The van der Waals surface area contributed by atoms with Crippen LogP contribution in [-0.2, 0) is 4.74 Å². The number of para-hydroxylation sites is 1. The highest BCUT2D eigenvalue weighted by molar-refractivity contribution is 6.32. The molecule has 3 N–H and O–H groups in total. The highest BCUT2D eigenvalue weighted by atomic mass is 35.5. The molecule has 0 aliphatic rings. The highest BCUT2D eigenvalue weighted by Crippen LogP contribution is 2.23. The fourth-order valence-electron chi connectivity index (χ4n) is 1.92. The lowest BCUT2D eigenvalue weighted by atomic mass is 10.2. The summed E-state index contributed by atoms with van der Waals surface area (Å²) in [6.45, 7) is 8.88. The van der Waals surface area contributed by atoms with Crippen LogP contribution in [0, 0.1) is 0 Å². The predicted octanol–water partition coefficient (Wildman–Crippen LogP) is 2.80. The van der Waals surface area contributed by atoms with Gasteiger partial charge in [-0.15, -0.1) is 0 Å². The van der Waals surface area contributed by atoms with E-state index >= 15 is 0 Å².